The molecule has 5 heteroatoms. The van der Waals surface area contributed by atoms with Crippen molar-refractivity contribution in [1.82, 2.24) is 9.97 Å². The van der Waals surface area contributed by atoms with Gasteiger partial charge in [0, 0.05) is 46.1 Å². The summed E-state index contributed by atoms with van der Waals surface area (Å²) in [5.41, 5.74) is 9.09. The van der Waals surface area contributed by atoms with E-state index in [4.69, 9.17) is 12.6 Å². The zero-order chi connectivity index (χ0) is 43.3. The molecule has 0 amide bonds. The Morgan fingerprint density at radius 2 is 1.57 bits per heavy atom. The molecule has 0 aliphatic heterocycles. The van der Waals surface area contributed by atoms with Gasteiger partial charge in [0.15, 0.2) is 0 Å². The van der Waals surface area contributed by atoms with E-state index in [1.807, 2.05) is 74.6 Å². The van der Waals surface area contributed by atoms with E-state index < -0.39 is 27.2 Å². The minimum Gasteiger partial charge on any atom is -0.501 e. The van der Waals surface area contributed by atoms with Gasteiger partial charge in [-0.1, -0.05) is 139 Å². The third kappa shape index (κ3) is 9.20. The summed E-state index contributed by atoms with van der Waals surface area (Å²) in [4.78, 5) is 9.12. The number of nitrogens with zero attached hydrogens (tertiary/aromatic N) is 2. The van der Waals surface area contributed by atoms with Gasteiger partial charge in [0.2, 0.25) is 0 Å². The van der Waals surface area contributed by atoms with Crippen LogP contribution in [0.5, 0.6) is 0 Å². The normalized spacial score (nSPS) is 14.2. The second-order valence-corrected chi connectivity index (χ2v) is 21.3. The van der Waals surface area contributed by atoms with E-state index in [2.05, 4.69) is 92.8 Å². The van der Waals surface area contributed by atoms with Gasteiger partial charge in [-0.3, -0.25) is 0 Å². The van der Waals surface area contributed by atoms with Crippen molar-refractivity contribution in [3.8, 4) is 33.6 Å². The molecular weight excluding hydrogens is 853 g/mol. The Bertz CT molecular complexity index is 2600. The Labute approximate surface area is 346 Å². The molecular formula is C49H54IrN2OSi-2. The topological polar surface area (TPSA) is 38.9 Å². The molecule has 0 saturated heterocycles. The largest absolute Gasteiger partial charge is 0.501 e. The molecule has 1 radical (unpaired) electrons. The number of hydrogen-bond donors (Lipinski definition) is 0. The maximum absolute atomic E-state index is 8.67. The van der Waals surface area contributed by atoms with Crippen molar-refractivity contribution < 1.29 is 32.7 Å². The maximum Gasteiger partial charge on any atom is 0.121 e. The molecule has 0 N–H and O–H groups in total. The van der Waals surface area contributed by atoms with Crippen LogP contribution in [0.3, 0.4) is 0 Å². The maximum atomic E-state index is 8.67. The van der Waals surface area contributed by atoms with Crippen LogP contribution >= 0.6 is 0 Å². The van der Waals surface area contributed by atoms with E-state index in [0.717, 1.165) is 49.5 Å². The fourth-order valence-corrected chi connectivity index (χ4v) is 7.83. The number of fused-ring (bicyclic) bond motifs is 3. The van der Waals surface area contributed by atoms with Crippen LogP contribution in [0.25, 0.3) is 55.6 Å². The van der Waals surface area contributed by atoms with E-state index in [0.29, 0.717) is 22.4 Å². The molecule has 3 nitrogen and oxygen atoms in total. The van der Waals surface area contributed by atoms with Gasteiger partial charge in [-0.15, -0.1) is 53.6 Å². The first kappa shape index (κ1) is 33.2. The van der Waals surface area contributed by atoms with Gasteiger partial charge in [-0.05, 0) is 75.3 Å². The van der Waals surface area contributed by atoms with Crippen molar-refractivity contribution in [3.63, 3.8) is 0 Å². The van der Waals surface area contributed by atoms with Crippen molar-refractivity contribution in [1.29, 1.82) is 0 Å². The molecule has 3 aromatic heterocycles. The fourth-order valence-electron chi connectivity index (χ4n) is 6.43. The number of benzene rings is 4. The molecule has 7 aromatic rings. The number of pyridine rings is 2. The van der Waals surface area contributed by atoms with Crippen LogP contribution in [-0.2, 0) is 31.9 Å². The Balaban J connectivity index is 0.000000231. The Morgan fingerprint density at radius 1 is 0.833 bits per heavy atom. The first-order valence-corrected chi connectivity index (χ1v) is 21.8. The van der Waals surface area contributed by atoms with E-state index in [-0.39, 0.29) is 37.0 Å². The second kappa shape index (κ2) is 16.7. The first-order chi connectivity index (χ1) is 27.4. The number of aromatic nitrogens is 2. The van der Waals surface area contributed by atoms with Crippen molar-refractivity contribution in [2.45, 2.75) is 92.6 Å². The van der Waals surface area contributed by atoms with Crippen molar-refractivity contribution in [3.05, 3.63) is 138 Å². The predicted molar refractivity (Wildman–Crippen MR) is 229 cm³/mol. The van der Waals surface area contributed by atoms with Gasteiger partial charge in [-0.2, -0.15) is 0 Å². The summed E-state index contributed by atoms with van der Waals surface area (Å²) in [5.74, 6) is -1.20. The third-order valence-electron chi connectivity index (χ3n) is 9.35. The Hall–Kier alpha value is -4.15. The quantitative estimate of drug-likeness (QED) is 0.118. The molecule has 0 unspecified atom stereocenters. The second-order valence-electron chi connectivity index (χ2n) is 16.3. The molecule has 0 saturated carbocycles. The fraction of sp³-hybridized carbons (Fsp3) is 0.306. The van der Waals surface area contributed by atoms with Gasteiger partial charge < -0.3 is 14.4 Å². The van der Waals surface area contributed by atoms with Crippen LogP contribution in [0.15, 0.2) is 108 Å². The summed E-state index contributed by atoms with van der Waals surface area (Å²) in [6, 6.07) is 36.5. The summed E-state index contributed by atoms with van der Waals surface area (Å²) < 4.78 is 55.7. The van der Waals surface area contributed by atoms with Crippen LogP contribution in [0.4, 0.5) is 0 Å². The molecule has 0 spiro atoms. The molecule has 4 aromatic carbocycles. The summed E-state index contributed by atoms with van der Waals surface area (Å²) in [6.07, 6.45) is 1.89. The summed E-state index contributed by atoms with van der Waals surface area (Å²) >= 11 is 0. The number of aryl methyl sites for hydroxylation is 1. The van der Waals surface area contributed by atoms with Crippen LogP contribution in [0, 0.1) is 24.9 Å². The summed E-state index contributed by atoms with van der Waals surface area (Å²) in [6.45, 7) is 18.2. The number of furan rings is 1. The van der Waals surface area contributed by atoms with Gasteiger partial charge in [0.05, 0.1) is 13.7 Å². The van der Waals surface area contributed by atoms with Gasteiger partial charge in [0.25, 0.3) is 0 Å². The molecule has 0 fully saturated rings. The summed E-state index contributed by atoms with van der Waals surface area (Å²) in [5, 5.41) is 3.03. The summed E-state index contributed by atoms with van der Waals surface area (Å²) in [7, 11) is -1.70. The average Bonchev–Trinajstić information content (AvgIpc) is 3.55. The van der Waals surface area contributed by atoms with Crippen molar-refractivity contribution in [2.24, 2.45) is 5.92 Å². The van der Waals surface area contributed by atoms with E-state index in [1.54, 1.807) is 19.9 Å². The molecule has 281 valence electrons. The molecule has 3 heterocycles. The van der Waals surface area contributed by atoms with Gasteiger partial charge >= 0.3 is 0 Å². The van der Waals surface area contributed by atoms with E-state index in [9.17, 15) is 0 Å². The molecule has 54 heavy (non-hydrogen) atoms. The smallest absolute Gasteiger partial charge is 0.121 e. The Kier molecular flexibility index (Phi) is 10.3. The first-order valence-electron chi connectivity index (χ1n) is 21.3. The predicted octanol–water partition coefficient (Wildman–Crippen LogP) is 13.1. The molecule has 0 bridgehead atoms. The number of hydrogen-bond acceptors (Lipinski definition) is 3. The average molecular weight is 913 g/mol. The van der Waals surface area contributed by atoms with Crippen LogP contribution < -0.4 is 5.19 Å². The monoisotopic (exact) mass is 913 g/mol. The Morgan fingerprint density at radius 3 is 2.20 bits per heavy atom. The van der Waals surface area contributed by atoms with Crippen LogP contribution in [0.1, 0.15) is 84.8 Å². The molecule has 7 rings (SSSR count). The minimum absolute atomic E-state index is 0. The van der Waals surface area contributed by atoms with Gasteiger partial charge in [0.1, 0.15) is 5.58 Å². The minimum atomic E-state index is -2.35. The van der Waals surface area contributed by atoms with E-state index in [1.165, 1.54) is 11.8 Å². The molecule has 0 aliphatic carbocycles. The number of rotatable bonds is 7. The van der Waals surface area contributed by atoms with Crippen molar-refractivity contribution >= 4 is 35.2 Å². The standard InChI is InChI=1S/C27H22NO.C22H32NSi.Ir/c1-17(2)24-15-25(28-16-18(24)3)23-11-7-10-22-21-13-12-20(14-26(21)29-27(22)23)19-8-5-4-6-9-19;1-16(2)13-18-14-20(23-15-21(18)24(6,7)8)17-9-11-19(12-10-17)22(3,4)5;/h4-10,12-17H,1-3H3;9,11-12,14-16H,13H2,1-8H3;/q2*-1;/i3D3,17D;13D2;. The van der Waals surface area contributed by atoms with Crippen LogP contribution in [0.2, 0.25) is 19.6 Å². The SMILES string of the molecule is [2H]C([2H])([2H])c1cnc(-c2[c-]ccc3c2oc2cc(-c4ccccc4)ccc23)cc1C([2H])(C)C.[2H]C([2H])(c1cc(-c2[c-]cc(C(C)(C)C)cc2)ncc1[Si](C)(C)C)C(C)C.[Ir]. The zero-order valence-corrected chi connectivity index (χ0v) is 36.4. The zero-order valence-electron chi connectivity index (χ0n) is 39.0. The molecule has 0 atom stereocenters. The van der Waals surface area contributed by atoms with E-state index >= 15 is 0 Å². The van der Waals surface area contributed by atoms with Crippen molar-refractivity contribution in [2.75, 3.05) is 0 Å². The third-order valence-corrected chi connectivity index (χ3v) is 11.4. The molecule has 0 aliphatic rings. The van der Waals surface area contributed by atoms with Gasteiger partial charge in [-0.25, -0.2) is 0 Å². The van der Waals surface area contributed by atoms with Crippen LogP contribution in [-0.4, -0.2) is 18.0 Å².